The number of pyridine rings is 3. The molecule has 0 spiro atoms. The van der Waals surface area contributed by atoms with E-state index < -0.39 is 0 Å². The van der Waals surface area contributed by atoms with Crippen LogP contribution in [0.3, 0.4) is 0 Å². The summed E-state index contributed by atoms with van der Waals surface area (Å²) in [4.78, 5) is 25.8. The maximum Gasteiger partial charge on any atom is 0.223 e. The van der Waals surface area contributed by atoms with E-state index >= 15 is 0 Å². The normalized spacial score (nSPS) is 10.7. The smallest absolute Gasteiger partial charge is 0.223 e. The van der Waals surface area contributed by atoms with Crippen molar-refractivity contribution in [3.05, 3.63) is 102 Å². The number of fused-ring (bicyclic) bond motifs is 1. The second-order valence-electron chi connectivity index (χ2n) is 7.54. The molecule has 0 saturated carbocycles. The second kappa shape index (κ2) is 8.81. The highest BCUT2D eigenvalue weighted by Gasteiger charge is 2.10. The van der Waals surface area contributed by atoms with Gasteiger partial charge in [0.2, 0.25) is 11.6 Å². The summed E-state index contributed by atoms with van der Waals surface area (Å²) in [6.45, 7) is 9.95. The molecular weight excluding hydrogens is 410 g/mol. The highest BCUT2D eigenvalue weighted by atomic mass is 15.1. The number of aryl methyl sites for hydroxylation is 1. The third-order valence-electron chi connectivity index (χ3n) is 5.22. The largest absolute Gasteiger partial charge is 0.350 e. The molecule has 0 aliphatic rings. The average Bonchev–Trinajstić information content (AvgIpc) is 2.87. The lowest BCUT2D eigenvalue weighted by Gasteiger charge is -2.09. The highest BCUT2D eigenvalue weighted by molar-refractivity contribution is 5.83. The van der Waals surface area contributed by atoms with Gasteiger partial charge in [-0.1, -0.05) is 12.1 Å². The Hall–Kier alpha value is -4.70. The lowest BCUT2D eigenvalue weighted by molar-refractivity contribution is 1.05. The first-order chi connectivity index (χ1) is 16.2. The maximum atomic E-state index is 7.58. The fourth-order valence-corrected chi connectivity index (χ4v) is 3.61. The Morgan fingerprint density at radius 3 is 2.67 bits per heavy atom. The molecule has 1 N–H and O–H groups in total. The first-order valence-electron chi connectivity index (χ1n) is 10.4. The van der Waals surface area contributed by atoms with E-state index in [1.165, 1.54) is 0 Å². The van der Waals surface area contributed by atoms with Crippen molar-refractivity contribution >= 4 is 22.5 Å². The average molecular weight is 429 g/mol. The van der Waals surface area contributed by atoms with E-state index in [1.807, 2.05) is 55.5 Å². The minimum atomic E-state index is 0.455. The van der Waals surface area contributed by atoms with Crippen LogP contribution in [0, 0.1) is 13.5 Å². The van der Waals surface area contributed by atoms with Crippen molar-refractivity contribution in [2.24, 2.45) is 0 Å². The summed E-state index contributed by atoms with van der Waals surface area (Å²) in [5.74, 6) is 0.511. The van der Waals surface area contributed by atoms with Gasteiger partial charge in [-0.2, -0.15) is 0 Å². The number of aromatic nitrogens is 5. The molecule has 0 bridgehead atoms. The number of hydrogen-bond acceptors (Lipinski definition) is 6. The number of rotatable bonds is 5. The molecule has 0 amide bonds. The Labute approximate surface area is 191 Å². The van der Waals surface area contributed by atoms with Crippen molar-refractivity contribution in [3.8, 4) is 22.5 Å². The Balaban J connectivity index is 1.36. The summed E-state index contributed by atoms with van der Waals surface area (Å²) < 4.78 is 0. The predicted octanol–water partition coefficient (Wildman–Crippen LogP) is 5.62. The first-order valence-corrected chi connectivity index (χ1v) is 10.4. The van der Waals surface area contributed by atoms with Crippen LogP contribution in [0.15, 0.2) is 79.4 Å². The molecule has 0 radical (unpaired) electrons. The van der Waals surface area contributed by atoms with Gasteiger partial charge in [-0.15, -0.1) is 0 Å². The van der Waals surface area contributed by atoms with Gasteiger partial charge in [-0.25, -0.2) is 14.8 Å². The molecule has 0 saturated heterocycles. The zero-order chi connectivity index (χ0) is 22.6. The summed E-state index contributed by atoms with van der Waals surface area (Å²) in [7, 11) is 0. The van der Waals surface area contributed by atoms with Gasteiger partial charge in [0.05, 0.1) is 23.5 Å². The lowest BCUT2D eigenvalue weighted by Crippen LogP contribution is -2.04. The maximum absolute atomic E-state index is 7.58. The van der Waals surface area contributed by atoms with E-state index in [0.29, 0.717) is 23.9 Å². The van der Waals surface area contributed by atoms with Crippen LogP contribution in [0.4, 0.5) is 11.6 Å². The van der Waals surface area contributed by atoms with E-state index in [4.69, 9.17) is 6.57 Å². The first kappa shape index (κ1) is 20.2. The van der Waals surface area contributed by atoms with Crippen molar-refractivity contribution in [3.63, 3.8) is 0 Å². The summed E-state index contributed by atoms with van der Waals surface area (Å²) in [6.07, 6.45) is 7.02. The molecule has 7 nitrogen and oxygen atoms in total. The van der Waals surface area contributed by atoms with Gasteiger partial charge >= 0.3 is 0 Å². The number of benzene rings is 1. The zero-order valence-electron chi connectivity index (χ0n) is 17.9. The van der Waals surface area contributed by atoms with Crippen LogP contribution >= 0.6 is 0 Å². The Kier molecular flexibility index (Phi) is 5.40. The molecule has 4 heterocycles. The Bertz CT molecular complexity index is 1500. The van der Waals surface area contributed by atoms with E-state index in [-0.39, 0.29) is 0 Å². The van der Waals surface area contributed by atoms with Crippen molar-refractivity contribution in [2.75, 3.05) is 5.32 Å². The molecule has 0 fully saturated rings. The van der Waals surface area contributed by atoms with Crippen LogP contribution in [-0.2, 0) is 6.54 Å². The molecule has 0 aliphatic carbocycles. The molecular formula is C26H19N7. The topological polar surface area (TPSA) is 80.8 Å². The SMILES string of the molecule is [C-]#[N+]c1cc(CNc2nccc(-c3ccc4ncccc4c3)n2)cnc1-c1ccnc(C)c1. The molecule has 4 aromatic heterocycles. The standard InChI is InChI=1S/C26H19N7/c1-17-12-21(7-10-28-17)25-24(27-2)13-18(15-31-25)16-32-26-30-11-8-23(33-26)20-5-6-22-19(14-20)4-3-9-29-22/h3-15H,16H2,1H3,(H,30,32,33). The predicted molar refractivity (Wildman–Crippen MR) is 129 cm³/mol. The summed E-state index contributed by atoms with van der Waals surface area (Å²) in [5.41, 5.74) is 6.56. The third kappa shape index (κ3) is 4.36. The molecule has 5 rings (SSSR count). The van der Waals surface area contributed by atoms with Gasteiger partial charge in [0.15, 0.2) is 0 Å². The summed E-state index contributed by atoms with van der Waals surface area (Å²) >= 11 is 0. The molecule has 33 heavy (non-hydrogen) atoms. The van der Waals surface area contributed by atoms with Crippen LogP contribution < -0.4 is 5.32 Å². The van der Waals surface area contributed by atoms with Gasteiger partial charge < -0.3 is 5.32 Å². The summed E-state index contributed by atoms with van der Waals surface area (Å²) in [5, 5.41) is 4.30. The van der Waals surface area contributed by atoms with Gasteiger partial charge in [0, 0.05) is 48.0 Å². The Morgan fingerprint density at radius 1 is 0.879 bits per heavy atom. The lowest BCUT2D eigenvalue weighted by atomic mass is 10.1. The summed E-state index contributed by atoms with van der Waals surface area (Å²) in [6, 6.07) is 17.5. The van der Waals surface area contributed by atoms with E-state index in [0.717, 1.165) is 39.0 Å². The minimum Gasteiger partial charge on any atom is -0.350 e. The molecule has 0 unspecified atom stereocenters. The van der Waals surface area contributed by atoms with Gasteiger partial charge in [0.1, 0.15) is 0 Å². The number of anilines is 1. The quantitative estimate of drug-likeness (QED) is 0.365. The third-order valence-corrected chi connectivity index (χ3v) is 5.22. The van der Waals surface area contributed by atoms with Gasteiger partial charge in [0.25, 0.3) is 0 Å². The Morgan fingerprint density at radius 2 is 1.79 bits per heavy atom. The van der Waals surface area contributed by atoms with E-state index in [9.17, 15) is 0 Å². The molecule has 7 heteroatoms. The van der Waals surface area contributed by atoms with E-state index in [2.05, 4.69) is 41.1 Å². The number of nitrogens with zero attached hydrogens (tertiary/aromatic N) is 6. The van der Waals surface area contributed by atoms with Crippen LogP contribution in [0.25, 0.3) is 38.3 Å². The molecule has 1 aromatic carbocycles. The number of hydrogen-bond donors (Lipinski definition) is 1. The molecule has 5 aromatic rings. The highest BCUT2D eigenvalue weighted by Crippen LogP contribution is 2.29. The van der Waals surface area contributed by atoms with Crippen LogP contribution in [0.5, 0.6) is 0 Å². The van der Waals surface area contributed by atoms with Crippen LogP contribution in [0.1, 0.15) is 11.3 Å². The minimum absolute atomic E-state index is 0.455. The van der Waals surface area contributed by atoms with Crippen molar-refractivity contribution in [1.82, 2.24) is 24.9 Å². The van der Waals surface area contributed by atoms with Crippen molar-refractivity contribution in [2.45, 2.75) is 13.5 Å². The van der Waals surface area contributed by atoms with Crippen molar-refractivity contribution < 1.29 is 0 Å². The fraction of sp³-hybridized carbons (Fsp3) is 0.0769. The molecule has 0 atom stereocenters. The second-order valence-corrected chi connectivity index (χ2v) is 7.54. The van der Waals surface area contributed by atoms with Crippen LogP contribution in [-0.4, -0.2) is 24.9 Å². The number of nitrogens with one attached hydrogen (secondary N) is 1. The van der Waals surface area contributed by atoms with Gasteiger partial charge in [-0.05, 0) is 60.5 Å². The van der Waals surface area contributed by atoms with Crippen molar-refractivity contribution in [1.29, 1.82) is 0 Å². The zero-order valence-corrected chi connectivity index (χ0v) is 17.9. The fourth-order valence-electron chi connectivity index (χ4n) is 3.61. The monoisotopic (exact) mass is 429 g/mol. The van der Waals surface area contributed by atoms with Gasteiger partial charge in [-0.3, -0.25) is 15.0 Å². The van der Waals surface area contributed by atoms with E-state index in [1.54, 1.807) is 24.8 Å². The molecule has 158 valence electrons. The van der Waals surface area contributed by atoms with Crippen LogP contribution in [0.2, 0.25) is 0 Å². The molecule has 0 aliphatic heterocycles.